The maximum atomic E-state index is 6.48. The number of halogens is 1. The molecule has 0 aromatic rings. The van der Waals surface area contributed by atoms with Crippen molar-refractivity contribution in [3.05, 3.63) is 11.6 Å². The molecule has 0 bridgehead atoms. The number of rotatable bonds is 8. The molecule has 1 saturated heterocycles. The highest BCUT2D eigenvalue weighted by Gasteiger charge is 2.61. The van der Waals surface area contributed by atoms with E-state index in [1.807, 2.05) is 0 Å². The molecule has 5 aliphatic rings. The minimum Gasteiger partial charge on any atom is -0.353 e. The van der Waals surface area contributed by atoms with E-state index in [0.29, 0.717) is 22.9 Å². The molecule has 5 rings (SSSR count). The van der Waals surface area contributed by atoms with Gasteiger partial charge in [-0.2, -0.15) is 0 Å². The smallest absolute Gasteiger partial charge is 0.157 e. The summed E-state index contributed by atoms with van der Waals surface area (Å²) in [6.07, 6.45) is 20.9. The molecule has 0 aromatic heterocycles. The third-order valence-electron chi connectivity index (χ3n) is 11.9. The molecule has 4 aliphatic carbocycles. The molecule has 9 unspecified atom stereocenters. The van der Waals surface area contributed by atoms with Crippen LogP contribution in [0.5, 0.6) is 0 Å². The van der Waals surface area contributed by atoms with Crippen molar-refractivity contribution in [2.24, 2.45) is 40.4 Å². The third kappa shape index (κ3) is 5.12. The number of hydrogen-bond donors (Lipinski definition) is 0. The van der Waals surface area contributed by atoms with Crippen molar-refractivity contribution in [1.29, 1.82) is 0 Å². The molecule has 206 valence electrons. The molecule has 0 N–H and O–H groups in total. The Labute approximate surface area is 235 Å². The number of ether oxygens (including phenoxy) is 2. The molecule has 0 aromatic carbocycles. The van der Waals surface area contributed by atoms with Crippen LogP contribution in [0.2, 0.25) is 0 Å². The van der Waals surface area contributed by atoms with Gasteiger partial charge in [0.15, 0.2) is 6.29 Å². The predicted molar refractivity (Wildman–Crippen MR) is 156 cm³/mol. The zero-order chi connectivity index (χ0) is 25.6. The van der Waals surface area contributed by atoms with E-state index in [0.717, 1.165) is 43.1 Å². The monoisotopic (exact) mass is 612 g/mol. The Morgan fingerprint density at radius 2 is 1.92 bits per heavy atom. The summed E-state index contributed by atoms with van der Waals surface area (Å²) in [7, 11) is 0. The van der Waals surface area contributed by atoms with Crippen LogP contribution in [0.3, 0.4) is 0 Å². The molecule has 3 nitrogen and oxygen atoms in total. The molecule has 0 radical (unpaired) electrons. The first kappa shape index (κ1) is 27.9. The van der Waals surface area contributed by atoms with E-state index in [-0.39, 0.29) is 11.9 Å². The first-order valence-corrected chi connectivity index (χ1v) is 16.3. The van der Waals surface area contributed by atoms with Gasteiger partial charge in [0, 0.05) is 6.61 Å². The minimum absolute atomic E-state index is 0.0158. The summed E-state index contributed by atoms with van der Waals surface area (Å²) in [4.78, 5) is 0. The van der Waals surface area contributed by atoms with Gasteiger partial charge in [-0.15, -0.1) is 0 Å². The third-order valence-corrected chi connectivity index (χ3v) is 12.9. The Balaban J connectivity index is 1.28. The van der Waals surface area contributed by atoms with Crippen LogP contribution < -0.4 is 0 Å². The Kier molecular flexibility index (Phi) is 8.59. The van der Waals surface area contributed by atoms with E-state index < -0.39 is 0 Å². The molecule has 9 atom stereocenters. The van der Waals surface area contributed by atoms with Crippen molar-refractivity contribution in [1.82, 2.24) is 0 Å². The summed E-state index contributed by atoms with van der Waals surface area (Å²) in [6.45, 7) is 13.3. The lowest BCUT2D eigenvalue weighted by Gasteiger charge is -2.59. The molecule has 4 fully saturated rings. The lowest BCUT2D eigenvalue weighted by Crippen LogP contribution is -2.53. The Bertz CT molecular complexity index is 790. The Hall–Kier alpha value is 0.350. The zero-order valence-corrected chi connectivity index (χ0v) is 26.0. The SMILES string of the molecule is CC(C)CCCC(C)(OI)C1CCC2C3CC=C4CC(OC5CCCCO5)CCC4(C)C3CCC21C. The highest BCUT2D eigenvalue weighted by Crippen LogP contribution is 2.68. The van der Waals surface area contributed by atoms with Crippen LogP contribution in [0.25, 0.3) is 0 Å². The van der Waals surface area contributed by atoms with Gasteiger partial charge < -0.3 is 12.5 Å². The van der Waals surface area contributed by atoms with Crippen molar-refractivity contribution < 1.29 is 12.5 Å². The maximum Gasteiger partial charge on any atom is 0.157 e. The number of allylic oxidation sites excluding steroid dienone is 1. The van der Waals surface area contributed by atoms with Gasteiger partial charge in [0.05, 0.1) is 11.7 Å². The molecule has 3 saturated carbocycles. The quantitative estimate of drug-likeness (QED) is 0.202. The topological polar surface area (TPSA) is 27.7 Å². The van der Waals surface area contributed by atoms with Crippen LogP contribution in [0, 0.1) is 40.4 Å². The molecule has 36 heavy (non-hydrogen) atoms. The highest BCUT2D eigenvalue weighted by atomic mass is 127. The average Bonchev–Trinajstić information content (AvgIpc) is 3.22. The lowest BCUT2D eigenvalue weighted by molar-refractivity contribution is -0.195. The lowest BCUT2D eigenvalue weighted by atomic mass is 9.46. The minimum atomic E-state index is 0.0158. The summed E-state index contributed by atoms with van der Waals surface area (Å²) in [5.74, 6) is 4.05. The molecular weight excluding hydrogens is 559 g/mol. The molecule has 1 aliphatic heterocycles. The van der Waals surface area contributed by atoms with Crippen molar-refractivity contribution in [2.75, 3.05) is 6.61 Å². The van der Waals surface area contributed by atoms with Crippen molar-refractivity contribution >= 4 is 23.0 Å². The van der Waals surface area contributed by atoms with Gasteiger partial charge in [-0.1, -0.05) is 52.2 Å². The van der Waals surface area contributed by atoms with E-state index in [9.17, 15) is 0 Å². The number of fused-ring (bicyclic) bond motifs is 5. The van der Waals surface area contributed by atoms with Crippen LogP contribution in [-0.2, 0) is 12.5 Å². The van der Waals surface area contributed by atoms with Crippen LogP contribution in [-0.4, -0.2) is 24.6 Å². The molecule has 0 amide bonds. The second-order valence-electron chi connectivity index (χ2n) is 14.4. The van der Waals surface area contributed by atoms with Crippen molar-refractivity contribution in [3.8, 4) is 0 Å². The van der Waals surface area contributed by atoms with E-state index in [4.69, 9.17) is 12.5 Å². The van der Waals surface area contributed by atoms with Gasteiger partial charge in [0.1, 0.15) is 23.0 Å². The highest BCUT2D eigenvalue weighted by molar-refractivity contribution is 14.1. The van der Waals surface area contributed by atoms with Gasteiger partial charge in [-0.3, -0.25) is 0 Å². The normalized spacial score (nSPS) is 44.4. The summed E-state index contributed by atoms with van der Waals surface area (Å²) >= 11 is 2.24. The second kappa shape index (κ2) is 11.1. The van der Waals surface area contributed by atoms with Crippen LogP contribution in [0.15, 0.2) is 11.6 Å². The van der Waals surface area contributed by atoms with Gasteiger partial charge in [0.25, 0.3) is 0 Å². The fourth-order valence-corrected chi connectivity index (χ4v) is 10.4. The van der Waals surface area contributed by atoms with E-state index >= 15 is 0 Å². The van der Waals surface area contributed by atoms with Gasteiger partial charge >= 0.3 is 0 Å². The van der Waals surface area contributed by atoms with Crippen molar-refractivity contribution in [3.63, 3.8) is 0 Å². The van der Waals surface area contributed by atoms with E-state index in [1.165, 1.54) is 77.0 Å². The van der Waals surface area contributed by atoms with E-state index in [2.05, 4.69) is 63.7 Å². The standard InChI is InChI=1S/C32H53IO3/c1-22(2)9-8-17-32(5,36-33)28-14-13-26-25-12-11-23-21-24(35-29-10-6-7-20-34-29)15-18-30(23,3)27(25)16-19-31(26,28)4/h11,22,24-29H,6-10,12-21H2,1-5H3. The second-order valence-corrected chi connectivity index (χ2v) is 14.8. The summed E-state index contributed by atoms with van der Waals surface area (Å²) in [6, 6.07) is 0. The van der Waals surface area contributed by atoms with Crippen LogP contribution in [0.4, 0.5) is 0 Å². The van der Waals surface area contributed by atoms with Crippen molar-refractivity contribution in [2.45, 2.75) is 143 Å². The fraction of sp³-hybridized carbons (Fsp3) is 0.938. The first-order valence-electron chi connectivity index (χ1n) is 15.5. The summed E-state index contributed by atoms with van der Waals surface area (Å²) in [5, 5.41) is 0. The summed E-state index contributed by atoms with van der Waals surface area (Å²) in [5.41, 5.74) is 2.56. The first-order chi connectivity index (χ1) is 17.2. The average molecular weight is 613 g/mol. The fourth-order valence-electron chi connectivity index (χ4n) is 9.91. The van der Waals surface area contributed by atoms with Crippen LogP contribution >= 0.6 is 23.0 Å². The molecule has 1 heterocycles. The predicted octanol–water partition coefficient (Wildman–Crippen LogP) is 9.43. The molecule has 0 spiro atoms. The Morgan fingerprint density at radius 1 is 1.08 bits per heavy atom. The summed E-state index contributed by atoms with van der Waals surface area (Å²) < 4.78 is 18.8. The molecule has 4 heteroatoms. The zero-order valence-electron chi connectivity index (χ0n) is 23.8. The van der Waals surface area contributed by atoms with Crippen LogP contribution in [0.1, 0.15) is 125 Å². The maximum absolute atomic E-state index is 6.48. The number of hydrogen-bond acceptors (Lipinski definition) is 3. The van der Waals surface area contributed by atoms with E-state index in [1.54, 1.807) is 5.57 Å². The van der Waals surface area contributed by atoms with Gasteiger partial charge in [0.2, 0.25) is 0 Å². The molecular formula is C32H53IO3. The van der Waals surface area contributed by atoms with Gasteiger partial charge in [-0.05, 0) is 124 Å². The van der Waals surface area contributed by atoms with Gasteiger partial charge in [-0.25, -0.2) is 0 Å². The Morgan fingerprint density at radius 3 is 2.64 bits per heavy atom. The largest absolute Gasteiger partial charge is 0.353 e.